The number of halogens is 1. The number of rotatable bonds is 8. The molecule has 10 heteroatoms. The Morgan fingerprint density at radius 1 is 1.17 bits per heavy atom. The molecular weight excluding hydrogens is 483 g/mol. The predicted octanol–water partition coefficient (Wildman–Crippen LogP) is 2.65. The van der Waals surface area contributed by atoms with Crippen molar-refractivity contribution in [2.45, 2.75) is 56.3 Å². The van der Waals surface area contributed by atoms with Crippen molar-refractivity contribution in [1.29, 1.82) is 0 Å². The second-order valence-corrected chi connectivity index (χ2v) is 10.4. The monoisotopic (exact) mass is 516 g/mol. The number of nitrogens with one attached hydrogen (secondary N) is 1. The lowest BCUT2D eigenvalue weighted by Gasteiger charge is -2.30. The Kier molecular flexibility index (Phi) is 8.71. The Labute approximate surface area is 214 Å². The summed E-state index contributed by atoms with van der Waals surface area (Å²) in [7, 11) is 1.57. The fourth-order valence-corrected chi connectivity index (χ4v) is 5.69. The van der Waals surface area contributed by atoms with Crippen LogP contribution in [-0.4, -0.2) is 78.5 Å². The van der Waals surface area contributed by atoms with E-state index in [4.69, 9.17) is 10.5 Å². The molecule has 1 saturated heterocycles. The van der Waals surface area contributed by atoms with Gasteiger partial charge in [0.05, 0.1) is 17.5 Å². The third kappa shape index (κ3) is 6.11. The Bertz CT molecular complexity index is 1040. The highest BCUT2D eigenvalue weighted by molar-refractivity contribution is 7.12. The van der Waals surface area contributed by atoms with Gasteiger partial charge in [-0.25, -0.2) is 4.39 Å². The van der Waals surface area contributed by atoms with Crippen LogP contribution in [0.15, 0.2) is 41.8 Å². The molecule has 2 unspecified atom stereocenters. The predicted molar refractivity (Wildman–Crippen MR) is 135 cm³/mol. The number of nitrogens with two attached hydrogens (primary N) is 1. The van der Waals surface area contributed by atoms with Crippen molar-refractivity contribution in [3.05, 3.63) is 58.0 Å². The van der Waals surface area contributed by atoms with Crippen molar-refractivity contribution in [3.63, 3.8) is 0 Å². The molecule has 1 saturated carbocycles. The van der Waals surface area contributed by atoms with Gasteiger partial charge in [-0.3, -0.25) is 14.4 Å². The molecule has 8 nitrogen and oxygen atoms in total. The molecule has 0 bridgehead atoms. The first-order valence-corrected chi connectivity index (χ1v) is 13.2. The number of methoxy groups -OCH3 is 1. The van der Waals surface area contributed by atoms with Crippen molar-refractivity contribution < 1.29 is 23.5 Å². The zero-order chi connectivity index (χ0) is 25.7. The molecule has 3 amide bonds. The molecule has 0 radical (unpaired) electrons. The van der Waals surface area contributed by atoms with E-state index in [-0.39, 0.29) is 42.4 Å². The highest BCUT2D eigenvalue weighted by Gasteiger charge is 2.44. The quantitative estimate of drug-likeness (QED) is 0.561. The third-order valence-corrected chi connectivity index (χ3v) is 7.88. The largest absolute Gasteiger partial charge is 0.383 e. The van der Waals surface area contributed by atoms with E-state index in [1.54, 1.807) is 18.1 Å². The standard InChI is InChI=1S/C26H33FN4O4S/c1-35-13-12-30(26(34)23-3-2-14-36-23)21-15-22(24(32)29-20-10-8-19(28)9-11-20)31(16-21)25(33)17-4-6-18(27)7-5-17/h2-7,14,19-22H,8-13,15-16,28H2,1H3,(H,29,32). The van der Waals surface area contributed by atoms with Gasteiger partial charge in [0.1, 0.15) is 11.9 Å². The summed E-state index contributed by atoms with van der Waals surface area (Å²) in [6.07, 6.45) is 3.59. The average Bonchev–Trinajstić information content (AvgIpc) is 3.57. The average molecular weight is 517 g/mol. The smallest absolute Gasteiger partial charge is 0.264 e. The maximum Gasteiger partial charge on any atom is 0.264 e. The van der Waals surface area contributed by atoms with E-state index in [0.29, 0.717) is 30.0 Å². The van der Waals surface area contributed by atoms with E-state index in [9.17, 15) is 18.8 Å². The molecule has 2 aromatic rings. The molecule has 2 heterocycles. The van der Waals surface area contributed by atoms with Gasteiger partial charge in [-0.15, -0.1) is 11.3 Å². The van der Waals surface area contributed by atoms with Gasteiger partial charge < -0.3 is 25.6 Å². The van der Waals surface area contributed by atoms with Crippen molar-refractivity contribution in [1.82, 2.24) is 15.1 Å². The SMILES string of the molecule is COCCN(C(=O)c1cccs1)C1CC(C(=O)NC2CCC(N)CC2)N(C(=O)c2ccc(F)cc2)C1. The normalized spacial score (nSPS) is 23.9. The van der Waals surface area contributed by atoms with Crippen molar-refractivity contribution >= 4 is 29.1 Å². The second kappa shape index (κ2) is 11.9. The molecule has 1 aliphatic carbocycles. The summed E-state index contributed by atoms with van der Waals surface area (Å²) >= 11 is 1.35. The maximum atomic E-state index is 13.5. The van der Waals surface area contributed by atoms with Crippen LogP contribution in [0, 0.1) is 5.82 Å². The lowest BCUT2D eigenvalue weighted by atomic mass is 9.91. The molecular formula is C26H33FN4O4S. The maximum absolute atomic E-state index is 13.5. The Hall–Kier alpha value is -2.82. The van der Waals surface area contributed by atoms with Crippen LogP contribution in [0.4, 0.5) is 4.39 Å². The molecule has 2 atom stereocenters. The number of carbonyl (C=O) groups excluding carboxylic acids is 3. The summed E-state index contributed by atoms with van der Waals surface area (Å²) in [5, 5.41) is 4.95. The molecule has 194 valence electrons. The number of hydrogen-bond donors (Lipinski definition) is 2. The Balaban J connectivity index is 1.57. The second-order valence-electron chi connectivity index (χ2n) is 9.46. The zero-order valence-electron chi connectivity index (χ0n) is 20.4. The molecule has 1 aromatic carbocycles. The van der Waals surface area contributed by atoms with E-state index in [2.05, 4.69) is 5.32 Å². The summed E-state index contributed by atoms with van der Waals surface area (Å²) < 4.78 is 18.7. The number of hydrogen-bond acceptors (Lipinski definition) is 6. The van der Waals surface area contributed by atoms with E-state index in [1.165, 1.54) is 40.5 Å². The van der Waals surface area contributed by atoms with Gasteiger partial charge in [0.2, 0.25) is 5.91 Å². The van der Waals surface area contributed by atoms with Gasteiger partial charge in [0, 0.05) is 37.8 Å². The van der Waals surface area contributed by atoms with E-state index < -0.39 is 11.9 Å². The number of likely N-dealkylation sites (tertiary alicyclic amines) is 1. The van der Waals surface area contributed by atoms with Crippen LogP contribution in [0.5, 0.6) is 0 Å². The van der Waals surface area contributed by atoms with Gasteiger partial charge in [-0.05, 0) is 67.8 Å². The van der Waals surface area contributed by atoms with Crippen LogP contribution in [0.25, 0.3) is 0 Å². The molecule has 4 rings (SSSR count). The first-order chi connectivity index (χ1) is 17.4. The molecule has 1 aromatic heterocycles. The summed E-state index contributed by atoms with van der Waals surface area (Å²) in [5.74, 6) is -1.19. The molecule has 2 fully saturated rings. The topological polar surface area (TPSA) is 105 Å². The fourth-order valence-electron chi connectivity index (χ4n) is 5.01. The van der Waals surface area contributed by atoms with Gasteiger partial charge >= 0.3 is 0 Å². The first-order valence-electron chi connectivity index (χ1n) is 12.3. The van der Waals surface area contributed by atoms with Crippen LogP contribution < -0.4 is 11.1 Å². The number of carbonyl (C=O) groups is 3. The highest BCUT2D eigenvalue weighted by atomic mass is 32.1. The van der Waals surface area contributed by atoms with Crippen molar-refractivity contribution in [2.75, 3.05) is 26.8 Å². The van der Waals surface area contributed by atoms with E-state index in [1.807, 2.05) is 11.4 Å². The summed E-state index contributed by atoms with van der Waals surface area (Å²) in [6.45, 7) is 0.870. The van der Waals surface area contributed by atoms with E-state index in [0.717, 1.165) is 25.7 Å². The summed E-state index contributed by atoms with van der Waals surface area (Å²) in [6, 6.07) is 7.93. The lowest BCUT2D eigenvalue weighted by molar-refractivity contribution is -0.125. The zero-order valence-corrected chi connectivity index (χ0v) is 21.2. The van der Waals surface area contributed by atoms with Crippen LogP contribution in [0.1, 0.15) is 52.1 Å². The fraction of sp³-hybridized carbons (Fsp3) is 0.500. The van der Waals surface area contributed by atoms with Crippen LogP contribution >= 0.6 is 11.3 Å². The van der Waals surface area contributed by atoms with Crippen LogP contribution in [0.2, 0.25) is 0 Å². The number of amides is 3. The minimum absolute atomic E-state index is 0.0106. The minimum Gasteiger partial charge on any atom is -0.383 e. The van der Waals surface area contributed by atoms with Gasteiger partial charge in [-0.1, -0.05) is 6.07 Å². The lowest BCUT2D eigenvalue weighted by Crippen LogP contribution is -2.50. The summed E-state index contributed by atoms with van der Waals surface area (Å²) in [5.41, 5.74) is 6.31. The number of thiophene rings is 1. The first kappa shape index (κ1) is 26.2. The third-order valence-electron chi connectivity index (χ3n) is 7.02. The number of nitrogens with zero attached hydrogens (tertiary/aromatic N) is 2. The van der Waals surface area contributed by atoms with Gasteiger partial charge in [0.15, 0.2) is 0 Å². The molecule has 3 N–H and O–H groups in total. The Morgan fingerprint density at radius 3 is 2.53 bits per heavy atom. The van der Waals surface area contributed by atoms with Crippen molar-refractivity contribution in [3.8, 4) is 0 Å². The van der Waals surface area contributed by atoms with Gasteiger partial charge in [0.25, 0.3) is 11.8 Å². The molecule has 0 spiro atoms. The van der Waals surface area contributed by atoms with E-state index >= 15 is 0 Å². The van der Waals surface area contributed by atoms with Crippen LogP contribution in [-0.2, 0) is 9.53 Å². The molecule has 36 heavy (non-hydrogen) atoms. The highest BCUT2D eigenvalue weighted by Crippen LogP contribution is 2.28. The molecule has 2 aliphatic rings. The number of benzene rings is 1. The molecule has 1 aliphatic heterocycles. The minimum atomic E-state index is -0.746. The Morgan fingerprint density at radius 2 is 1.89 bits per heavy atom. The summed E-state index contributed by atoms with van der Waals surface area (Å²) in [4.78, 5) is 44.1. The van der Waals surface area contributed by atoms with Gasteiger partial charge in [-0.2, -0.15) is 0 Å². The van der Waals surface area contributed by atoms with Crippen LogP contribution in [0.3, 0.4) is 0 Å². The van der Waals surface area contributed by atoms with Crippen molar-refractivity contribution in [2.24, 2.45) is 5.73 Å². The number of ether oxygens (including phenoxy) is 1.